The third-order valence-electron chi connectivity index (χ3n) is 7.41. The predicted molar refractivity (Wildman–Crippen MR) is 124 cm³/mol. The monoisotopic (exact) mass is 463 g/mol. The van der Waals surface area contributed by atoms with Gasteiger partial charge in [-0.1, -0.05) is 6.07 Å². The summed E-state index contributed by atoms with van der Waals surface area (Å²) in [5.74, 6) is -0.393. The Balaban J connectivity index is 1.12. The Morgan fingerprint density at radius 3 is 2.47 bits per heavy atom. The number of aryl methyl sites for hydroxylation is 2. The van der Waals surface area contributed by atoms with Crippen LogP contribution >= 0.6 is 0 Å². The van der Waals surface area contributed by atoms with Crippen LogP contribution in [0, 0.1) is 30.9 Å². The van der Waals surface area contributed by atoms with Crippen molar-refractivity contribution in [1.29, 1.82) is 0 Å². The fourth-order valence-electron chi connectivity index (χ4n) is 5.38. The van der Waals surface area contributed by atoms with E-state index >= 15 is 0 Å². The van der Waals surface area contributed by atoms with Crippen LogP contribution in [0.15, 0.2) is 42.6 Å². The molecule has 7 heteroatoms. The van der Waals surface area contributed by atoms with Gasteiger partial charge < -0.3 is 9.64 Å². The van der Waals surface area contributed by atoms with Crippen LogP contribution in [0.4, 0.5) is 8.78 Å². The zero-order valence-corrected chi connectivity index (χ0v) is 19.4. The van der Waals surface area contributed by atoms with Crippen LogP contribution in [-0.4, -0.2) is 39.8 Å². The molecular formula is C27H27F2N3O2. The number of carbonyl (C=O) groups is 1. The lowest BCUT2D eigenvalue weighted by molar-refractivity contribution is -0.0739. The van der Waals surface area contributed by atoms with Crippen LogP contribution in [-0.2, 0) is 0 Å². The Kier molecular flexibility index (Phi) is 4.80. The average molecular weight is 464 g/mol. The van der Waals surface area contributed by atoms with Gasteiger partial charge in [-0.05, 0) is 74.9 Å². The number of rotatable bonds is 5. The second-order valence-electron chi connectivity index (χ2n) is 10.3. The number of amides is 1. The minimum atomic E-state index is -0.392. The Morgan fingerprint density at radius 2 is 1.74 bits per heavy atom. The minimum Gasteiger partial charge on any atom is -0.489 e. The minimum absolute atomic E-state index is 0.0940. The fourth-order valence-corrected chi connectivity index (χ4v) is 5.38. The molecule has 1 saturated heterocycles. The van der Waals surface area contributed by atoms with E-state index in [4.69, 9.17) is 9.84 Å². The second kappa shape index (κ2) is 7.65. The van der Waals surface area contributed by atoms with Gasteiger partial charge in [-0.25, -0.2) is 8.78 Å². The maximum absolute atomic E-state index is 13.8. The second-order valence-corrected chi connectivity index (χ2v) is 10.3. The Hall–Kier alpha value is -3.22. The predicted octanol–water partition coefficient (Wildman–Crippen LogP) is 5.46. The molecule has 0 N–H and O–H groups in total. The molecule has 0 bridgehead atoms. The van der Waals surface area contributed by atoms with Gasteiger partial charge in [0.2, 0.25) is 0 Å². The first kappa shape index (κ1) is 21.3. The molecule has 0 unspecified atom stereocenters. The van der Waals surface area contributed by atoms with Crippen molar-refractivity contribution in [2.75, 3.05) is 13.1 Å². The van der Waals surface area contributed by atoms with Crippen molar-refractivity contribution in [3.63, 3.8) is 0 Å². The maximum atomic E-state index is 13.8. The fraction of sp³-hybridized carbons (Fsp3) is 0.407. The van der Waals surface area contributed by atoms with Crippen molar-refractivity contribution in [2.45, 2.75) is 51.7 Å². The van der Waals surface area contributed by atoms with Gasteiger partial charge in [0.25, 0.3) is 5.91 Å². The van der Waals surface area contributed by atoms with E-state index in [0.717, 1.165) is 48.1 Å². The molecule has 0 radical (unpaired) electrons. The Bertz CT molecular complexity index is 1280. The quantitative estimate of drug-likeness (QED) is 0.505. The molecule has 0 atom stereocenters. The number of halogens is 2. The van der Waals surface area contributed by atoms with Crippen LogP contribution in [0.2, 0.25) is 0 Å². The lowest BCUT2D eigenvalue weighted by atomic mass is 9.60. The summed E-state index contributed by atoms with van der Waals surface area (Å²) in [6.07, 6.45) is 5.95. The maximum Gasteiger partial charge on any atom is 0.257 e. The van der Waals surface area contributed by atoms with Crippen molar-refractivity contribution in [2.24, 2.45) is 5.41 Å². The van der Waals surface area contributed by atoms with Crippen LogP contribution in [0.25, 0.3) is 11.3 Å². The van der Waals surface area contributed by atoms with Crippen molar-refractivity contribution in [3.8, 4) is 17.0 Å². The molecule has 3 aliphatic rings. The number of ether oxygens (including phenoxy) is 1. The van der Waals surface area contributed by atoms with Crippen molar-refractivity contribution >= 4 is 5.91 Å². The number of nitrogens with zero attached hydrogens (tertiary/aromatic N) is 3. The van der Waals surface area contributed by atoms with Crippen LogP contribution in [0.5, 0.6) is 5.75 Å². The molecule has 176 valence electrons. The zero-order chi connectivity index (χ0) is 23.6. The molecule has 3 fully saturated rings. The molecule has 2 aliphatic carbocycles. The summed E-state index contributed by atoms with van der Waals surface area (Å²) in [6.45, 7) is 5.36. The number of carbonyl (C=O) groups excluding carboxylic acids is 1. The molecule has 2 saturated carbocycles. The molecule has 1 aromatic heterocycles. The van der Waals surface area contributed by atoms with Crippen LogP contribution in [0.1, 0.15) is 53.2 Å². The molecule has 1 spiro atoms. The summed E-state index contributed by atoms with van der Waals surface area (Å²) >= 11 is 0. The lowest BCUT2D eigenvalue weighted by Crippen LogP contribution is -2.63. The van der Waals surface area contributed by atoms with Crippen molar-refractivity contribution in [1.82, 2.24) is 14.7 Å². The highest BCUT2D eigenvalue weighted by molar-refractivity contribution is 5.97. The zero-order valence-electron chi connectivity index (χ0n) is 19.4. The van der Waals surface area contributed by atoms with E-state index in [1.54, 1.807) is 12.1 Å². The van der Waals surface area contributed by atoms with Gasteiger partial charge in [-0.3, -0.25) is 9.48 Å². The highest BCUT2D eigenvalue weighted by Gasteiger charge is 2.54. The largest absolute Gasteiger partial charge is 0.489 e. The number of hydrogen-bond acceptors (Lipinski definition) is 3. The molecule has 34 heavy (non-hydrogen) atoms. The van der Waals surface area contributed by atoms with Gasteiger partial charge in [-0.2, -0.15) is 5.10 Å². The lowest BCUT2D eigenvalue weighted by Gasteiger charge is -2.58. The third kappa shape index (κ3) is 3.67. The Labute approximate surface area is 197 Å². The molecule has 5 nitrogen and oxygen atoms in total. The summed E-state index contributed by atoms with van der Waals surface area (Å²) in [5.41, 5.74) is 4.24. The van der Waals surface area contributed by atoms with Gasteiger partial charge in [0.1, 0.15) is 17.4 Å². The van der Waals surface area contributed by atoms with Crippen LogP contribution < -0.4 is 4.74 Å². The standard InChI is InChI=1S/C27H27F2N3O2/c1-16-3-4-18(28)9-23(16)25-17(2)13-32(30-25)20-11-27(12-20)14-31(15-27)26(33)22-8-5-19(29)10-24(22)34-21-6-7-21/h3-5,8-10,13,20-21H,6-7,11-12,14-15H2,1-2H3. The van der Waals surface area contributed by atoms with Gasteiger partial charge in [0, 0.05) is 36.3 Å². The van der Waals surface area contributed by atoms with E-state index in [0.29, 0.717) is 24.4 Å². The SMILES string of the molecule is Cc1ccc(F)cc1-c1nn(C2CC3(C2)CN(C(=O)c2ccc(F)cc2OC2CC2)C3)cc1C. The normalized spacial score (nSPS) is 19.1. The number of benzene rings is 2. The average Bonchev–Trinajstić information content (AvgIpc) is 3.47. The van der Waals surface area contributed by atoms with Gasteiger partial charge in [-0.15, -0.1) is 0 Å². The topological polar surface area (TPSA) is 47.4 Å². The van der Waals surface area contributed by atoms with E-state index in [9.17, 15) is 13.6 Å². The van der Waals surface area contributed by atoms with Crippen LogP contribution in [0.3, 0.4) is 0 Å². The van der Waals surface area contributed by atoms with E-state index in [1.807, 2.05) is 29.6 Å². The number of likely N-dealkylation sites (tertiary alicyclic amines) is 1. The molecular weight excluding hydrogens is 436 g/mol. The first-order valence-corrected chi connectivity index (χ1v) is 11.9. The molecule has 3 aromatic rings. The number of aromatic nitrogens is 2. The summed E-state index contributed by atoms with van der Waals surface area (Å²) in [7, 11) is 0. The van der Waals surface area contributed by atoms with E-state index < -0.39 is 5.82 Å². The van der Waals surface area contributed by atoms with E-state index in [2.05, 4.69) is 0 Å². The highest BCUT2D eigenvalue weighted by Crippen LogP contribution is 2.54. The van der Waals surface area contributed by atoms with Gasteiger partial charge in [0.05, 0.1) is 23.4 Å². The molecule has 6 rings (SSSR count). The molecule has 2 aromatic carbocycles. The van der Waals surface area contributed by atoms with Crippen molar-refractivity contribution < 1.29 is 18.3 Å². The molecule has 1 aliphatic heterocycles. The summed E-state index contributed by atoms with van der Waals surface area (Å²) in [6, 6.07) is 9.24. The van der Waals surface area contributed by atoms with Gasteiger partial charge in [0.15, 0.2) is 0 Å². The molecule has 2 heterocycles. The number of hydrogen-bond donors (Lipinski definition) is 0. The first-order valence-electron chi connectivity index (χ1n) is 11.9. The smallest absolute Gasteiger partial charge is 0.257 e. The summed E-state index contributed by atoms with van der Waals surface area (Å²) in [4.78, 5) is 14.9. The van der Waals surface area contributed by atoms with Gasteiger partial charge >= 0.3 is 0 Å². The first-order chi connectivity index (χ1) is 16.3. The van der Waals surface area contributed by atoms with Crippen molar-refractivity contribution in [3.05, 3.63) is 70.9 Å². The Morgan fingerprint density at radius 1 is 1.03 bits per heavy atom. The van der Waals surface area contributed by atoms with E-state index in [1.165, 1.54) is 24.3 Å². The third-order valence-corrected chi connectivity index (χ3v) is 7.41. The summed E-state index contributed by atoms with van der Waals surface area (Å²) in [5, 5.41) is 4.80. The van der Waals surface area contributed by atoms with E-state index in [-0.39, 0.29) is 29.3 Å². The molecule has 1 amide bonds. The highest BCUT2D eigenvalue weighted by atomic mass is 19.1. The summed E-state index contributed by atoms with van der Waals surface area (Å²) < 4.78 is 35.3.